The summed E-state index contributed by atoms with van der Waals surface area (Å²) in [6.07, 6.45) is 0.415. The number of carbonyl (C=O) groups is 1. The van der Waals surface area contributed by atoms with Gasteiger partial charge in [-0.25, -0.2) is 4.39 Å². The lowest BCUT2D eigenvalue weighted by molar-refractivity contribution is 0.112. The van der Waals surface area contributed by atoms with E-state index in [0.717, 1.165) is 6.07 Å². The van der Waals surface area contributed by atoms with Crippen LogP contribution in [0.4, 0.5) is 10.1 Å². The van der Waals surface area contributed by atoms with Crippen LogP contribution in [0, 0.1) is 5.82 Å². The number of aldehydes is 1. The zero-order valence-electron chi connectivity index (χ0n) is 7.41. The van der Waals surface area contributed by atoms with Gasteiger partial charge in [-0.1, -0.05) is 0 Å². The van der Waals surface area contributed by atoms with Crippen LogP contribution in [0.15, 0.2) is 12.1 Å². The lowest BCUT2D eigenvalue weighted by Gasteiger charge is -2.14. The van der Waals surface area contributed by atoms with E-state index in [1.807, 2.05) is 0 Å². The van der Waals surface area contributed by atoms with Crippen LogP contribution in [0.1, 0.15) is 10.4 Å². The van der Waals surface area contributed by atoms with Gasteiger partial charge in [-0.15, -0.1) is 0 Å². The third kappa shape index (κ3) is 1.77. The monoisotopic (exact) mass is 183 g/mol. The molecule has 13 heavy (non-hydrogen) atoms. The van der Waals surface area contributed by atoms with Gasteiger partial charge >= 0.3 is 0 Å². The molecule has 0 aliphatic rings. The molecule has 0 atom stereocenters. The van der Waals surface area contributed by atoms with Crippen molar-refractivity contribution < 1.29 is 14.3 Å². The van der Waals surface area contributed by atoms with Gasteiger partial charge in [0.05, 0.1) is 11.3 Å². The van der Waals surface area contributed by atoms with Crippen molar-refractivity contribution in [3.63, 3.8) is 0 Å². The number of benzene rings is 1. The van der Waals surface area contributed by atoms with E-state index in [-0.39, 0.29) is 17.0 Å². The van der Waals surface area contributed by atoms with Crippen molar-refractivity contribution in [1.82, 2.24) is 0 Å². The van der Waals surface area contributed by atoms with Gasteiger partial charge in [0, 0.05) is 20.2 Å². The normalized spacial score (nSPS) is 9.77. The molecule has 0 unspecified atom stereocenters. The van der Waals surface area contributed by atoms with Gasteiger partial charge in [0.15, 0.2) is 6.29 Å². The Labute approximate surface area is 75.4 Å². The van der Waals surface area contributed by atoms with E-state index in [4.69, 9.17) is 0 Å². The highest BCUT2D eigenvalue weighted by Gasteiger charge is 2.09. The van der Waals surface area contributed by atoms with E-state index < -0.39 is 5.82 Å². The van der Waals surface area contributed by atoms with Crippen molar-refractivity contribution in [3.8, 4) is 5.75 Å². The fraction of sp³-hybridized carbons (Fsp3) is 0.222. The number of hydrogen-bond acceptors (Lipinski definition) is 3. The van der Waals surface area contributed by atoms with Crippen LogP contribution in [0.25, 0.3) is 0 Å². The molecular formula is C9H10FNO2. The molecule has 0 aliphatic carbocycles. The molecule has 1 aromatic rings. The quantitative estimate of drug-likeness (QED) is 0.705. The van der Waals surface area contributed by atoms with Gasteiger partial charge in [-0.2, -0.15) is 0 Å². The van der Waals surface area contributed by atoms with Gasteiger partial charge in [-0.05, 0) is 6.07 Å². The summed E-state index contributed by atoms with van der Waals surface area (Å²) in [7, 11) is 3.30. The number of carbonyl (C=O) groups excluding carboxylic acids is 1. The molecule has 70 valence electrons. The molecule has 1 N–H and O–H groups in total. The second-order valence-corrected chi connectivity index (χ2v) is 2.87. The molecule has 0 spiro atoms. The lowest BCUT2D eigenvalue weighted by Crippen LogP contribution is -2.10. The number of anilines is 1. The summed E-state index contributed by atoms with van der Waals surface area (Å²) in [4.78, 5) is 11.8. The molecule has 0 radical (unpaired) electrons. The van der Waals surface area contributed by atoms with Crippen molar-refractivity contribution in [2.24, 2.45) is 0 Å². The molecular weight excluding hydrogens is 173 g/mol. The third-order valence-corrected chi connectivity index (χ3v) is 1.70. The average Bonchev–Trinajstić information content (AvgIpc) is 2.07. The van der Waals surface area contributed by atoms with Crippen LogP contribution in [0.5, 0.6) is 5.75 Å². The highest BCUT2D eigenvalue weighted by molar-refractivity contribution is 5.80. The number of nitrogens with zero attached hydrogens (tertiary/aromatic N) is 1. The predicted molar refractivity (Wildman–Crippen MR) is 47.8 cm³/mol. The Kier molecular flexibility index (Phi) is 2.51. The molecule has 4 heteroatoms. The Bertz CT molecular complexity index is 337. The molecule has 0 fully saturated rings. The van der Waals surface area contributed by atoms with E-state index in [2.05, 4.69) is 0 Å². The lowest BCUT2D eigenvalue weighted by atomic mass is 10.2. The fourth-order valence-corrected chi connectivity index (χ4v) is 1.00. The number of phenolic OH excluding ortho intramolecular Hbond substituents is 1. The second kappa shape index (κ2) is 3.43. The van der Waals surface area contributed by atoms with Crippen LogP contribution in [0.2, 0.25) is 0 Å². The standard InChI is InChI=1S/C9H10FNO2/c1-11(2)8-4-9(13)6(5-12)3-7(8)10/h3-5,13H,1-2H3. The first-order chi connectivity index (χ1) is 6.06. The summed E-state index contributed by atoms with van der Waals surface area (Å²) in [6.45, 7) is 0. The van der Waals surface area contributed by atoms with E-state index in [1.165, 1.54) is 11.0 Å². The zero-order chi connectivity index (χ0) is 10.0. The van der Waals surface area contributed by atoms with Crippen molar-refractivity contribution in [2.45, 2.75) is 0 Å². The highest BCUT2D eigenvalue weighted by Crippen LogP contribution is 2.25. The van der Waals surface area contributed by atoms with Crippen LogP contribution in [-0.4, -0.2) is 25.5 Å². The summed E-state index contributed by atoms with van der Waals surface area (Å²) >= 11 is 0. The Morgan fingerprint density at radius 2 is 2.08 bits per heavy atom. The maximum atomic E-state index is 13.2. The van der Waals surface area contributed by atoms with Gasteiger partial charge < -0.3 is 10.0 Å². The summed E-state index contributed by atoms with van der Waals surface area (Å²) in [5, 5.41) is 9.24. The Balaban J connectivity index is 3.28. The highest BCUT2D eigenvalue weighted by atomic mass is 19.1. The fourth-order valence-electron chi connectivity index (χ4n) is 1.00. The minimum absolute atomic E-state index is 0.0388. The van der Waals surface area contributed by atoms with Crippen LogP contribution in [-0.2, 0) is 0 Å². The smallest absolute Gasteiger partial charge is 0.153 e. The van der Waals surface area contributed by atoms with Gasteiger partial charge in [0.1, 0.15) is 11.6 Å². The summed E-state index contributed by atoms with van der Waals surface area (Å²) in [5.74, 6) is -0.731. The molecule has 0 amide bonds. The summed E-state index contributed by atoms with van der Waals surface area (Å²) < 4.78 is 13.2. The minimum atomic E-state index is -0.523. The maximum absolute atomic E-state index is 13.2. The summed E-state index contributed by atoms with van der Waals surface area (Å²) in [5.41, 5.74) is 0.214. The molecule has 0 aliphatic heterocycles. The average molecular weight is 183 g/mol. The first-order valence-electron chi connectivity index (χ1n) is 3.71. The maximum Gasteiger partial charge on any atom is 0.153 e. The molecule has 0 saturated carbocycles. The van der Waals surface area contributed by atoms with Gasteiger partial charge in [-0.3, -0.25) is 4.79 Å². The van der Waals surface area contributed by atoms with Crippen LogP contribution < -0.4 is 4.90 Å². The number of rotatable bonds is 2. The van der Waals surface area contributed by atoms with Crippen LogP contribution >= 0.6 is 0 Å². The molecule has 0 heterocycles. The van der Waals surface area contributed by atoms with Crippen molar-refractivity contribution in [1.29, 1.82) is 0 Å². The Hall–Kier alpha value is -1.58. The van der Waals surface area contributed by atoms with E-state index >= 15 is 0 Å². The largest absolute Gasteiger partial charge is 0.507 e. The van der Waals surface area contributed by atoms with E-state index in [1.54, 1.807) is 14.1 Å². The van der Waals surface area contributed by atoms with E-state index in [9.17, 15) is 14.3 Å². The van der Waals surface area contributed by atoms with Crippen molar-refractivity contribution >= 4 is 12.0 Å². The topological polar surface area (TPSA) is 40.5 Å². The zero-order valence-corrected chi connectivity index (χ0v) is 7.41. The number of halogens is 1. The van der Waals surface area contributed by atoms with Crippen molar-refractivity contribution in [2.75, 3.05) is 19.0 Å². The Morgan fingerprint density at radius 1 is 1.46 bits per heavy atom. The molecule has 0 bridgehead atoms. The van der Waals surface area contributed by atoms with Gasteiger partial charge in [0.2, 0.25) is 0 Å². The number of aromatic hydroxyl groups is 1. The molecule has 0 saturated heterocycles. The predicted octanol–water partition coefficient (Wildman–Crippen LogP) is 1.41. The van der Waals surface area contributed by atoms with Crippen LogP contribution in [0.3, 0.4) is 0 Å². The summed E-state index contributed by atoms with van der Waals surface area (Å²) in [6, 6.07) is 2.23. The molecule has 3 nitrogen and oxygen atoms in total. The Morgan fingerprint density at radius 3 is 2.54 bits per heavy atom. The molecule has 0 aromatic heterocycles. The number of hydrogen-bond donors (Lipinski definition) is 1. The first-order valence-corrected chi connectivity index (χ1v) is 3.71. The first kappa shape index (κ1) is 9.51. The SMILES string of the molecule is CN(C)c1cc(O)c(C=O)cc1F. The van der Waals surface area contributed by atoms with Crippen molar-refractivity contribution in [3.05, 3.63) is 23.5 Å². The third-order valence-electron chi connectivity index (χ3n) is 1.70. The minimum Gasteiger partial charge on any atom is -0.507 e. The molecule has 1 rings (SSSR count). The second-order valence-electron chi connectivity index (χ2n) is 2.87. The molecule has 1 aromatic carbocycles. The van der Waals surface area contributed by atoms with E-state index in [0.29, 0.717) is 6.29 Å². The van der Waals surface area contributed by atoms with Gasteiger partial charge in [0.25, 0.3) is 0 Å². The number of phenols is 1.